The van der Waals surface area contributed by atoms with Gasteiger partial charge in [-0.2, -0.15) is 0 Å². The molecule has 0 aliphatic heterocycles. The number of nitrogens with zero attached hydrogens (tertiary/aromatic N) is 1. The highest BCUT2D eigenvalue weighted by molar-refractivity contribution is 6.04. The molecule has 0 radical (unpaired) electrons. The van der Waals surface area contributed by atoms with Gasteiger partial charge in [-0.15, -0.1) is 0 Å². The van der Waals surface area contributed by atoms with Crippen LogP contribution >= 0.6 is 0 Å². The zero-order valence-electron chi connectivity index (χ0n) is 14.8. The molecular formula is C21H21NO3. The summed E-state index contributed by atoms with van der Waals surface area (Å²) < 4.78 is 5.38. The maximum Gasteiger partial charge on any atom is 0.308 e. The van der Waals surface area contributed by atoms with Gasteiger partial charge >= 0.3 is 5.97 Å². The summed E-state index contributed by atoms with van der Waals surface area (Å²) in [6.07, 6.45) is 1.69. The molecule has 0 aliphatic rings. The molecule has 0 unspecified atom stereocenters. The van der Waals surface area contributed by atoms with Crippen molar-refractivity contribution >= 4 is 16.7 Å². The third-order valence-corrected chi connectivity index (χ3v) is 4.10. The molecule has 0 amide bonds. The number of rotatable bonds is 2. The van der Waals surface area contributed by atoms with Crippen molar-refractivity contribution in [3.8, 4) is 22.8 Å². The largest absolute Gasteiger partial charge is 0.507 e. The highest BCUT2D eigenvalue weighted by Gasteiger charge is 2.23. The van der Waals surface area contributed by atoms with Gasteiger partial charge in [0.15, 0.2) is 0 Å². The smallest absolute Gasteiger partial charge is 0.308 e. The molecule has 25 heavy (non-hydrogen) atoms. The summed E-state index contributed by atoms with van der Waals surface area (Å²) in [5, 5.41) is 12.2. The zero-order valence-corrected chi connectivity index (χ0v) is 14.8. The highest BCUT2D eigenvalue weighted by atomic mass is 16.5. The van der Waals surface area contributed by atoms with Crippen LogP contribution in [0.2, 0.25) is 0 Å². The van der Waals surface area contributed by atoms with E-state index >= 15 is 0 Å². The molecule has 0 atom stereocenters. The molecule has 0 aliphatic carbocycles. The number of benzene rings is 2. The molecule has 0 bridgehead atoms. The van der Waals surface area contributed by atoms with Crippen LogP contribution in [-0.4, -0.2) is 16.1 Å². The SMILES string of the molecule is CC(=O)Oc1ccc(C(C)(C)C)c2c(-c3ccccn3)c(O)ccc12. The number of carbonyl (C=O) groups excluding carboxylic acids is 1. The average Bonchev–Trinajstić information content (AvgIpc) is 2.54. The lowest BCUT2D eigenvalue weighted by Crippen LogP contribution is -2.13. The molecule has 0 fully saturated rings. The lowest BCUT2D eigenvalue weighted by atomic mass is 9.81. The predicted octanol–water partition coefficient (Wildman–Crippen LogP) is 4.83. The van der Waals surface area contributed by atoms with Crippen molar-refractivity contribution in [3.63, 3.8) is 0 Å². The molecule has 0 saturated heterocycles. The number of fused-ring (bicyclic) bond motifs is 1. The zero-order chi connectivity index (χ0) is 18.2. The maximum absolute atomic E-state index is 11.5. The molecular weight excluding hydrogens is 314 g/mol. The Labute approximate surface area is 147 Å². The predicted molar refractivity (Wildman–Crippen MR) is 98.9 cm³/mol. The summed E-state index contributed by atoms with van der Waals surface area (Å²) in [6.45, 7) is 7.71. The molecule has 3 rings (SSSR count). The molecule has 3 aromatic rings. The van der Waals surface area contributed by atoms with Crippen LogP contribution in [0.1, 0.15) is 33.3 Å². The van der Waals surface area contributed by atoms with E-state index in [4.69, 9.17) is 4.74 Å². The summed E-state index contributed by atoms with van der Waals surface area (Å²) >= 11 is 0. The monoisotopic (exact) mass is 335 g/mol. The minimum Gasteiger partial charge on any atom is -0.507 e. The molecule has 0 spiro atoms. The second kappa shape index (κ2) is 6.20. The van der Waals surface area contributed by atoms with Gasteiger partial charge in [-0.1, -0.05) is 32.9 Å². The normalized spacial score (nSPS) is 11.5. The Balaban J connectivity index is 2.46. The van der Waals surface area contributed by atoms with E-state index in [0.29, 0.717) is 17.0 Å². The van der Waals surface area contributed by atoms with Crippen LogP contribution in [0, 0.1) is 0 Å². The fourth-order valence-electron chi connectivity index (χ4n) is 3.05. The van der Waals surface area contributed by atoms with Gasteiger partial charge in [0.05, 0.1) is 11.3 Å². The number of carbonyl (C=O) groups is 1. The van der Waals surface area contributed by atoms with Gasteiger partial charge in [0.1, 0.15) is 11.5 Å². The van der Waals surface area contributed by atoms with Gasteiger partial charge in [-0.3, -0.25) is 9.78 Å². The Hall–Kier alpha value is -2.88. The molecule has 4 nitrogen and oxygen atoms in total. The molecule has 2 aromatic carbocycles. The molecule has 128 valence electrons. The standard InChI is InChI=1S/C21H21NO3/c1-13(23)25-18-11-9-15(21(2,3)4)19-14(18)8-10-17(24)20(19)16-7-5-6-12-22-16/h5-12,24H,1-4H3. The van der Waals surface area contributed by atoms with E-state index < -0.39 is 0 Å². The fourth-order valence-corrected chi connectivity index (χ4v) is 3.05. The van der Waals surface area contributed by atoms with E-state index in [0.717, 1.165) is 16.3 Å². The summed E-state index contributed by atoms with van der Waals surface area (Å²) in [6, 6.07) is 12.7. The Morgan fingerprint density at radius 1 is 1.08 bits per heavy atom. The number of ether oxygens (including phenoxy) is 1. The van der Waals surface area contributed by atoms with E-state index in [1.54, 1.807) is 18.3 Å². The second-order valence-electron chi connectivity index (χ2n) is 7.05. The molecule has 4 heteroatoms. The second-order valence-corrected chi connectivity index (χ2v) is 7.05. The quantitative estimate of drug-likeness (QED) is 0.538. The molecule has 1 aromatic heterocycles. The van der Waals surface area contributed by atoms with Crippen molar-refractivity contribution in [2.24, 2.45) is 0 Å². The minimum atomic E-state index is -0.378. The number of hydrogen-bond donors (Lipinski definition) is 1. The van der Waals surface area contributed by atoms with E-state index in [2.05, 4.69) is 25.8 Å². The van der Waals surface area contributed by atoms with Crippen LogP contribution in [0.5, 0.6) is 11.5 Å². The minimum absolute atomic E-state index is 0.150. The van der Waals surface area contributed by atoms with Crippen LogP contribution in [-0.2, 0) is 10.2 Å². The summed E-state index contributed by atoms with van der Waals surface area (Å²) in [4.78, 5) is 15.9. The van der Waals surface area contributed by atoms with Gasteiger partial charge in [-0.25, -0.2) is 0 Å². The molecule has 1 N–H and O–H groups in total. The first-order chi connectivity index (χ1) is 11.8. The van der Waals surface area contributed by atoms with E-state index in [-0.39, 0.29) is 17.1 Å². The van der Waals surface area contributed by atoms with Crippen molar-refractivity contribution in [2.45, 2.75) is 33.1 Å². The average molecular weight is 335 g/mol. The van der Waals surface area contributed by atoms with Crippen LogP contribution in [0.4, 0.5) is 0 Å². The topological polar surface area (TPSA) is 59.4 Å². The first-order valence-electron chi connectivity index (χ1n) is 8.18. The molecule has 0 saturated carbocycles. The highest BCUT2D eigenvalue weighted by Crippen LogP contribution is 2.43. The van der Waals surface area contributed by atoms with Crippen LogP contribution in [0.15, 0.2) is 48.7 Å². The lowest BCUT2D eigenvalue weighted by Gasteiger charge is -2.24. The Morgan fingerprint density at radius 3 is 2.44 bits per heavy atom. The summed E-state index contributed by atoms with van der Waals surface area (Å²) in [5.41, 5.74) is 2.22. The third kappa shape index (κ3) is 3.20. The number of esters is 1. The van der Waals surface area contributed by atoms with Crippen LogP contribution < -0.4 is 4.74 Å². The van der Waals surface area contributed by atoms with Crippen molar-refractivity contribution < 1.29 is 14.6 Å². The van der Waals surface area contributed by atoms with Gasteiger partial charge in [-0.05, 0) is 41.3 Å². The first-order valence-corrected chi connectivity index (χ1v) is 8.18. The van der Waals surface area contributed by atoms with Gasteiger partial charge in [0.2, 0.25) is 0 Å². The van der Waals surface area contributed by atoms with Gasteiger partial charge in [0, 0.05) is 23.9 Å². The number of phenolic OH excluding ortho intramolecular Hbond substituents is 1. The number of phenols is 1. The number of aromatic hydroxyl groups is 1. The Bertz CT molecular complexity index is 941. The summed E-state index contributed by atoms with van der Waals surface area (Å²) in [7, 11) is 0. The lowest BCUT2D eigenvalue weighted by molar-refractivity contribution is -0.131. The summed E-state index contributed by atoms with van der Waals surface area (Å²) in [5.74, 6) is 0.252. The van der Waals surface area contributed by atoms with Gasteiger partial charge < -0.3 is 9.84 Å². The maximum atomic E-state index is 11.5. The van der Waals surface area contributed by atoms with Crippen molar-refractivity contribution in [2.75, 3.05) is 0 Å². The Morgan fingerprint density at radius 2 is 1.84 bits per heavy atom. The van der Waals surface area contributed by atoms with Crippen LogP contribution in [0.3, 0.4) is 0 Å². The van der Waals surface area contributed by atoms with Crippen molar-refractivity contribution in [1.82, 2.24) is 4.98 Å². The number of hydrogen-bond acceptors (Lipinski definition) is 4. The van der Waals surface area contributed by atoms with Gasteiger partial charge in [0.25, 0.3) is 0 Å². The first kappa shape index (κ1) is 17.0. The van der Waals surface area contributed by atoms with E-state index in [9.17, 15) is 9.90 Å². The van der Waals surface area contributed by atoms with E-state index in [1.165, 1.54) is 6.92 Å². The van der Waals surface area contributed by atoms with E-state index in [1.807, 2.05) is 30.3 Å². The number of aromatic nitrogens is 1. The van der Waals surface area contributed by atoms with Crippen molar-refractivity contribution in [3.05, 3.63) is 54.2 Å². The number of pyridine rings is 1. The molecule has 1 heterocycles. The van der Waals surface area contributed by atoms with Crippen molar-refractivity contribution in [1.29, 1.82) is 0 Å². The fraction of sp³-hybridized carbons (Fsp3) is 0.238. The Kier molecular flexibility index (Phi) is 4.21. The van der Waals surface area contributed by atoms with Crippen LogP contribution in [0.25, 0.3) is 22.0 Å². The third-order valence-electron chi connectivity index (χ3n) is 4.10.